The second kappa shape index (κ2) is 9.10. The molecule has 0 aliphatic rings. The van der Waals surface area contributed by atoms with Crippen LogP contribution in [0.15, 0.2) is 61.7 Å². The van der Waals surface area contributed by atoms with Gasteiger partial charge in [-0.15, -0.1) is 0 Å². The zero-order valence-corrected chi connectivity index (χ0v) is 17.5. The van der Waals surface area contributed by atoms with Gasteiger partial charge >= 0.3 is 0 Å². The van der Waals surface area contributed by atoms with Crippen molar-refractivity contribution in [1.29, 1.82) is 5.26 Å². The summed E-state index contributed by atoms with van der Waals surface area (Å²) in [6.07, 6.45) is 12.6. The molecule has 166 valence electrons. The van der Waals surface area contributed by atoms with Crippen molar-refractivity contribution in [2.45, 2.75) is 25.1 Å². The molecule has 0 bridgehead atoms. The summed E-state index contributed by atoms with van der Waals surface area (Å²) in [6.45, 7) is 1.55. The number of hydrogen-bond acceptors (Lipinski definition) is 6. The monoisotopic (exact) mass is 447 g/mol. The average Bonchev–Trinajstić information content (AvgIpc) is 3.49. The molecule has 0 unspecified atom stereocenters. The van der Waals surface area contributed by atoms with Crippen molar-refractivity contribution in [2.24, 2.45) is 0 Å². The molecule has 0 radical (unpaired) electrons. The number of nitrogens with zero attached hydrogens (tertiary/aromatic N) is 7. The molecule has 1 aromatic carbocycles. The molecule has 1 N–H and O–H groups in total. The van der Waals surface area contributed by atoms with Gasteiger partial charge in [0.25, 0.3) is 0 Å². The van der Waals surface area contributed by atoms with E-state index in [1.807, 2.05) is 6.07 Å². The molecule has 0 saturated carbocycles. The number of nitriles is 1. The number of halogens is 2. The second-order valence-electron chi connectivity index (χ2n) is 7.52. The molecule has 0 aliphatic carbocycles. The average molecular weight is 447 g/mol. The van der Waals surface area contributed by atoms with E-state index in [4.69, 9.17) is 5.26 Å². The van der Waals surface area contributed by atoms with Crippen LogP contribution in [0.5, 0.6) is 0 Å². The number of hydrogen-bond donors (Lipinski definition) is 1. The van der Waals surface area contributed by atoms with Gasteiger partial charge < -0.3 is 5.11 Å². The van der Waals surface area contributed by atoms with Gasteiger partial charge in [0, 0.05) is 35.8 Å². The molecular weight excluding hydrogens is 428 g/mol. The fourth-order valence-corrected chi connectivity index (χ4v) is 3.52. The lowest BCUT2D eigenvalue weighted by molar-refractivity contribution is -0.0369. The smallest absolute Gasteiger partial charge is 0.137 e. The Labute approximate surface area is 188 Å². The minimum absolute atomic E-state index is 0.0844. The molecule has 0 aliphatic heterocycles. The molecule has 33 heavy (non-hydrogen) atoms. The molecule has 10 heteroatoms. The summed E-state index contributed by atoms with van der Waals surface area (Å²) in [5.41, 5.74) is 0.00134. The van der Waals surface area contributed by atoms with Crippen LogP contribution in [0.2, 0.25) is 0 Å². The molecule has 3 heterocycles. The lowest BCUT2D eigenvalue weighted by Gasteiger charge is -2.34. The second-order valence-corrected chi connectivity index (χ2v) is 7.52. The zero-order valence-electron chi connectivity index (χ0n) is 17.5. The molecule has 4 aromatic rings. The van der Waals surface area contributed by atoms with Gasteiger partial charge in [-0.1, -0.05) is 18.2 Å². The van der Waals surface area contributed by atoms with Gasteiger partial charge in [0.1, 0.15) is 36.0 Å². The normalized spacial score (nSPS) is 14.2. The van der Waals surface area contributed by atoms with E-state index in [0.29, 0.717) is 11.1 Å². The highest BCUT2D eigenvalue weighted by Crippen LogP contribution is 2.36. The molecule has 2 atom stereocenters. The van der Waals surface area contributed by atoms with Crippen LogP contribution < -0.4 is 0 Å². The first-order chi connectivity index (χ1) is 15.9. The lowest BCUT2D eigenvalue weighted by atomic mass is 9.86. The van der Waals surface area contributed by atoms with Crippen molar-refractivity contribution in [3.05, 3.63) is 95.6 Å². The maximum Gasteiger partial charge on any atom is 0.137 e. The molecular formula is C23H19F2N7O. The van der Waals surface area contributed by atoms with Crippen LogP contribution in [0.1, 0.15) is 35.2 Å². The van der Waals surface area contributed by atoms with Crippen LogP contribution in [-0.2, 0) is 12.1 Å². The van der Waals surface area contributed by atoms with Gasteiger partial charge in [-0.2, -0.15) is 15.5 Å². The summed E-state index contributed by atoms with van der Waals surface area (Å²) in [7, 11) is 0. The van der Waals surface area contributed by atoms with Gasteiger partial charge in [0.15, 0.2) is 0 Å². The Morgan fingerprint density at radius 2 is 1.94 bits per heavy atom. The quantitative estimate of drug-likeness (QED) is 0.466. The van der Waals surface area contributed by atoms with Gasteiger partial charge in [-0.05, 0) is 24.6 Å². The largest absolute Gasteiger partial charge is 0.381 e. The van der Waals surface area contributed by atoms with Crippen LogP contribution in [0.25, 0.3) is 12.2 Å². The van der Waals surface area contributed by atoms with Crippen molar-refractivity contribution < 1.29 is 13.9 Å². The van der Waals surface area contributed by atoms with Crippen molar-refractivity contribution in [1.82, 2.24) is 29.5 Å². The van der Waals surface area contributed by atoms with Crippen molar-refractivity contribution in [3.63, 3.8) is 0 Å². The van der Waals surface area contributed by atoms with Crippen molar-refractivity contribution in [2.75, 3.05) is 0 Å². The summed E-state index contributed by atoms with van der Waals surface area (Å²) in [5, 5.41) is 29.0. The topological polar surface area (TPSA) is 105 Å². The van der Waals surface area contributed by atoms with Gasteiger partial charge in [0.05, 0.1) is 24.3 Å². The van der Waals surface area contributed by atoms with Crippen LogP contribution >= 0.6 is 0 Å². The van der Waals surface area contributed by atoms with E-state index in [2.05, 4.69) is 20.2 Å². The predicted octanol–water partition coefficient (Wildman–Crippen LogP) is 3.34. The first-order valence-electron chi connectivity index (χ1n) is 9.97. The van der Waals surface area contributed by atoms with E-state index < -0.39 is 23.3 Å². The number of rotatable bonds is 7. The third kappa shape index (κ3) is 4.68. The summed E-state index contributed by atoms with van der Waals surface area (Å²) >= 11 is 0. The summed E-state index contributed by atoms with van der Waals surface area (Å²) in [4.78, 5) is 7.88. The summed E-state index contributed by atoms with van der Waals surface area (Å²) < 4.78 is 31.1. The highest BCUT2D eigenvalue weighted by atomic mass is 19.1. The Morgan fingerprint density at radius 3 is 2.67 bits per heavy atom. The maximum atomic E-state index is 14.7. The third-order valence-electron chi connectivity index (χ3n) is 5.33. The fourth-order valence-electron chi connectivity index (χ4n) is 3.52. The van der Waals surface area contributed by atoms with Crippen LogP contribution in [0, 0.1) is 23.0 Å². The Balaban J connectivity index is 1.65. The Hall–Kier alpha value is -4.23. The zero-order chi connectivity index (χ0) is 23.4. The Morgan fingerprint density at radius 1 is 1.12 bits per heavy atom. The number of pyridine rings is 1. The van der Waals surface area contributed by atoms with Gasteiger partial charge in [-0.25, -0.2) is 18.4 Å². The van der Waals surface area contributed by atoms with Crippen molar-refractivity contribution in [3.8, 4) is 6.07 Å². The molecule has 3 aromatic heterocycles. The molecule has 4 rings (SSSR count). The molecule has 0 spiro atoms. The lowest BCUT2D eigenvalue weighted by Crippen LogP contribution is -2.40. The van der Waals surface area contributed by atoms with E-state index in [1.165, 1.54) is 34.3 Å². The number of aliphatic hydroxyl groups is 1. The van der Waals surface area contributed by atoms with Crippen LogP contribution in [0.3, 0.4) is 0 Å². The Bertz CT molecular complexity index is 1330. The third-order valence-corrected chi connectivity index (χ3v) is 5.33. The molecule has 8 nitrogen and oxygen atoms in total. The maximum absolute atomic E-state index is 14.7. The van der Waals surface area contributed by atoms with Gasteiger partial charge in [-0.3, -0.25) is 9.67 Å². The first-order valence-corrected chi connectivity index (χ1v) is 9.97. The van der Waals surface area contributed by atoms with Crippen LogP contribution in [0.4, 0.5) is 8.78 Å². The van der Waals surface area contributed by atoms with Crippen molar-refractivity contribution >= 4 is 12.2 Å². The number of aromatic nitrogens is 6. The first kappa shape index (κ1) is 22.0. The standard InChI is InChI=1S/C23H19F2N7O/c1-16(32-12-18(11-29-32)3-2-17-6-19(8-26)10-27-9-17)23(33,13-31-15-28-14-30-31)21-5-4-20(24)7-22(21)25/h2-7,9-12,14-16,33H,13H2,1H3/t16-,23-/m1/s1. The fraction of sp³-hybridized carbons (Fsp3) is 0.174. The minimum Gasteiger partial charge on any atom is -0.381 e. The summed E-state index contributed by atoms with van der Waals surface area (Å²) in [5.74, 6) is -1.62. The predicted molar refractivity (Wildman–Crippen MR) is 115 cm³/mol. The Kier molecular flexibility index (Phi) is 6.06. The molecule has 0 saturated heterocycles. The SMILES string of the molecule is C[C@@H](n1cc(C=Cc2cncc(C#N)c2)cn1)[C@](O)(Cn1cncn1)c1ccc(F)cc1F. The van der Waals surface area contributed by atoms with E-state index in [1.54, 1.807) is 43.7 Å². The van der Waals surface area contributed by atoms with Crippen LogP contribution in [-0.4, -0.2) is 34.6 Å². The highest BCUT2D eigenvalue weighted by Gasteiger charge is 2.40. The van der Waals surface area contributed by atoms with E-state index >= 15 is 0 Å². The highest BCUT2D eigenvalue weighted by molar-refractivity contribution is 5.69. The molecule has 0 amide bonds. The van der Waals surface area contributed by atoms with E-state index in [0.717, 1.165) is 17.7 Å². The minimum atomic E-state index is -1.82. The molecule has 0 fully saturated rings. The van der Waals surface area contributed by atoms with E-state index in [-0.39, 0.29) is 12.1 Å². The van der Waals surface area contributed by atoms with E-state index in [9.17, 15) is 13.9 Å². The summed E-state index contributed by atoms with van der Waals surface area (Å²) in [6, 6.07) is 6.02. The number of benzene rings is 1. The van der Waals surface area contributed by atoms with Gasteiger partial charge in [0.2, 0.25) is 0 Å².